The van der Waals surface area contributed by atoms with Crippen molar-refractivity contribution in [2.75, 3.05) is 32.0 Å². The first-order chi connectivity index (χ1) is 13.3. The summed E-state index contributed by atoms with van der Waals surface area (Å²) in [5.74, 6) is 0.255. The number of carbonyl (C=O) groups excluding carboxylic acids is 2. The van der Waals surface area contributed by atoms with Crippen molar-refractivity contribution in [3.05, 3.63) is 11.3 Å². The fourth-order valence-corrected chi connectivity index (χ4v) is 4.83. The van der Waals surface area contributed by atoms with Crippen LogP contribution >= 0.6 is 0 Å². The lowest BCUT2D eigenvalue weighted by Gasteiger charge is -2.45. The van der Waals surface area contributed by atoms with Crippen LogP contribution in [0.15, 0.2) is 0 Å². The van der Waals surface area contributed by atoms with E-state index in [1.54, 1.807) is 6.92 Å². The fourth-order valence-electron chi connectivity index (χ4n) is 4.83. The predicted octanol–water partition coefficient (Wildman–Crippen LogP) is 1.81. The van der Waals surface area contributed by atoms with Crippen LogP contribution in [0.4, 0.5) is 15.4 Å². The van der Waals surface area contributed by atoms with Gasteiger partial charge in [0, 0.05) is 30.7 Å². The number of piperazine rings is 1. The Morgan fingerprint density at radius 2 is 2.07 bits per heavy atom. The van der Waals surface area contributed by atoms with Crippen molar-refractivity contribution in [2.45, 2.75) is 64.7 Å². The van der Waals surface area contributed by atoms with Gasteiger partial charge >= 0.3 is 12.1 Å². The van der Waals surface area contributed by atoms with Crippen LogP contribution in [0.3, 0.4) is 0 Å². The maximum Gasteiger partial charge on any atom is 0.436 e. The summed E-state index contributed by atoms with van der Waals surface area (Å²) < 4.78 is 6.13. The molecule has 2 atom stereocenters. The first-order valence-electron chi connectivity index (χ1n) is 10.1. The molecule has 9 nitrogen and oxygen atoms in total. The first kappa shape index (κ1) is 19.0. The number of hydrogen-bond donors (Lipinski definition) is 1. The number of nitrogens with zero attached hydrogens (tertiary/aromatic N) is 5. The van der Waals surface area contributed by atoms with Gasteiger partial charge in [0.25, 0.3) is 0 Å². The van der Waals surface area contributed by atoms with Gasteiger partial charge in [0.05, 0.1) is 24.4 Å². The van der Waals surface area contributed by atoms with Crippen molar-refractivity contribution in [3.8, 4) is 0 Å². The number of nitrogens with two attached hydrogens (primary N) is 1. The van der Waals surface area contributed by atoms with E-state index in [1.807, 2.05) is 23.6 Å². The highest BCUT2D eigenvalue weighted by atomic mass is 16.6. The highest BCUT2D eigenvalue weighted by molar-refractivity contribution is 5.79. The second kappa shape index (κ2) is 6.65. The van der Waals surface area contributed by atoms with E-state index >= 15 is 0 Å². The number of anilines is 1. The third kappa shape index (κ3) is 2.75. The smallest absolute Gasteiger partial charge is 0.436 e. The molecule has 0 bridgehead atoms. The van der Waals surface area contributed by atoms with E-state index in [9.17, 15) is 9.59 Å². The Morgan fingerprint density at radius 3 is 2.75 bits per heavy atom. The minimum atomic E-state index is -0.648. The van der Waals surface area contributed by atoms with Crippen LogP contribution in [-0.4, -0.2) is 74.9 Å². The van der Waals surface area contributed by atoms with Crippen molar-refractivity contribution in [3.63, 3.8) is 0 Å². The van der Waals surface area contributed by atoms with Gasteiger partial charge in [0.15, 0.2) is 0 Å². The zero-order chi connectivity index (χ0) is 20.2. The number of amides is 2. The molecule has 9 heteroatoms. The van der Waals surface area contributed by atoms with Gasteiger partial charge in [-0.25, -0.2) is 9.59 Å². The van der Waals surface area contributed by atoms with E-state index in [-0.39, 0.29) is 24.5 Å². The lowest BCUT2D eigenvalue weighted by Crippen LogP contribution is -2.60. The number of ether oxygens (including phenoxy) is 1. The van der Waals surface area contributed by atoms with Crippen LogP contribution in [0.1, 0.15) is 51.8 Å². The quantitative estimate of drug-likeness (QED) is 0.785. The number of hydrogen-bond acceptors (Lipinski definition) is 6. The third-order valence-electron chi connectivity index (χ3n) is 6.45. The summed E-state index contributed by atoms with van der Waals surface area (Å²) in [6.45, 7) is 11.2. The largest absolute Gasteiger partial charge is 0.448 e. The molecule has 0 radical (unpaired) electrons. The molecule has 0 saturated carbocycles. The van der Waals surface area contributed by atoms with E-state index in [0.29, 0.717) is 18.3 Å². The number of aromatic nitrogens is 2. The van der Waals surface area contributed by atoms with Gasteiger partial charge in [-0.05, 0) is 47.1 Å². The molecule has 1 aromatic rings. The van der Waals surface area contributed by atoms with Crippen LogP contribution in [0, 0.1) is 0 Å². The molecule has 0 aliphatic carbocycles. The summed E-state index contributed by atoms with van der Waals surface area (Å²) in [4.78, 5) is 31.9. The molecular formula is C19H30N6O3. The summed E-state index contributed by atoms with van der Waals surface area (Å²) in [6, 6.07) is 0.651. The summed E-state index contributed by atoms with van der Waals surface area (Å²) in [5, 5.41) is 4.41. The molecule has 1 aromatic heterocycles. The molecule has 3 aliphatic heterocycles. The average molecular weight is 390 g/mol. The van der Waals surface area contributed by atoms with Gasteiger partial charge in [-0.3, -0.25) is 4.90 Å². The highest BCUT2D eigenvalue weighted by Crippen LogP contribution is 2.42. The second-order valence-corrected chi connectivity index (χ2v) is 8.54. The molecule has 3 aliphatic rings. The summed E-state index contributed by atoms with van der Waals surface area (Å²) in [6.07, 6.45) is 1.77. The molecule has 4 heterocycles. The van der Waals surface area contributed by atoms with Crippen molar-refractivity contribution < 1.29 is 14.3 Å². The van der Waals surface area contributed by atoms with E-state index in [1.165, 1.54) is 6.42 Å². The average Bonchev–Trinajstić information content (AvgIpc) is 3.29. The van der Waals surface area contributed by atoms with E-state index in [2.05, 4.69) is 16.9 Å². The Hall–Kier alpha value is -2.29. The first-order valence-corrected chi connectivity index (χ1v) is 10.1. The van der Waals surface area contributed by atoms with Crippen molar-refractivity contribution in [2.24, 2.45) is 0 Å². The lowest BCUT2D eigenvalue weighted by molar-refractivity contribution is 0.0453. The van der Waals surface area contributed by atoms with Crippen LogP contribution in [0.2, 0.25) is 0 Å². The number of carbonyl (C=O) groups is 2. The second-order valence-electron chi connectivity index (χ2n) is 8.54. The highest BCUT2D eigenvalue weighted by Gasteiger charge is 2.48. The fraction of sp³-hybridized carbons (Fsp3) is 0.737. The third-order valence-corrected chi connectivity index (χ3v) is 6.45. The monoisotopic (exact) mass is 390 g/mol. The molecular weight excluding hydrogens is 360 g/mol. The lowest BCUT2D eigenvalue weighted by atomic mass is 10.0. The molecule has 4 rings (SSSR count). The zero-order valence-electron chi connectivity index (χ0n) is 17.1. The van der Waals surface area contributed by atoms with Crippen LogP contribution in [0.5, 0.6) is 0 Å². The van der Waals surface area contributed by atoms with E-state index < -0.39 is 11.6 Å². The zero-order valence-corrected chi connectivity index (χ0v) is 17.1. The molecule has 2 saturated heterocycles. The maximum absolute atomic E-state index is 13.5. The Balaban J connectivity index is 1.57. The van der Waals surface area contributed by atoms with Crippen molar-refractivity contribution in [1.82, 2.24) is 24.5 Å². The van der Waals surface area contributed by atoms with Crippen LogP contribution in [-0.2, 0) is 16.8 Å². The molecule has 0 unspecified atom stereocenters. The van der Waals surface area contributed by atoms with Gasteiger partial charge in [0.2, 0.25) is 0 Å². The van der Waals surface area contributed by atoms with Gasteiger partial charge < -0.3 is 20.3 Å². The molecule has 2 fully saturated rings. The minimum absolute atomic E-state index is 0.0177. The summed E-state index contributed by atoms with van der Waals surface area (Å²) in [7, 11) is 0. The molecule has 0 spiro atoms. The molecule has 154 valence electrons. The van der Waals surface area contributed by atoms with Crippen molar-refractivity contribution in [1.29, 1.82) is 0 Å². The van der Waals surface area contributed by atoms with Crippen molar-refractivity contribution >= 4 is 17.9 Å². The number of rotatable bonds is 1. The maximum atomic E-state index is 13.5. The van der Waals surface area contributed by atoms with Gasteiger partial charge in [-0.1, -0.05) is 0 Å². The Labute approximate surface area is 165 Å². The molecule has 28 heavy (non-hydrogen) atoms. The Bertz CT molecular complexity index is 804. The predicted molar refractivity (Wildman–Crippen MR) is 104 cm³/mol. The Morgan fingerprint density at radius 1 is 1.32 bits per heavy atom. The number of nitrogen functional groups attached to an aromatic ring is 1. The van der Waals surface area contributed by atoms with Crippen LogP contribution in [0.25, 0.3) is 0 Å². The molecule has 0 aromatic carbocycles. The van der Waals surface area contributed by atoms with E-state index in [0.717, 1.165) is 36.3 Å². The summed E-state index contributed by atoms with van der Waals surface area (Å²) >= 11 is 0. The summed E-state index contributed by atoms with van der Waals surface area (Å²) in [5.41, 5.74) is 6.94. The van der Waals surface area contributed by atoms with Gasteiger partial charge in [-0.2, -0.15) is 5.10 Å². The minimum Gasteiger partial charge on any atom is -0.448 e. The molecule has 2 N–H and O–H groups in total. The van der Waals surface area contributed by atoms with Gasteiger partial charge in [0.1, 0.15) is 5.82 Å². The number of urea groups is 1. The number of fused-ring (bicyclic) bond motifs is 2. The Kier molecular flexibility index (Phi) is 4.52. The SMILES string of the molecule is CCOC(=O)n1nc2c(c1N)CN(C(=O)N1C[C@@H]3CCCN3C[C@@H]1C)C2(C)C. The standard InChI is InChI=1S/C19H30N6O3/c1-5-28-18(27)25-16(20)14-11-24(19(3,4)15(14)21-25)17(26)23-10-13-7-6-8-22(13)9-12(23)2/h12-13H,5-11,20H2,1-4H3/t12-,13-/m0/s1. The van der Waals surface area contributed by atoms with Crippen LogP contribution < -0.4 is 5.73 Å². The van der Waals surface area contributed by atoms with E-state index in [4.69, 9.17) is 10.5 Å². The topological polar surface area (TPSA) is 96.9 Å². The normalized spacial score (nSPS) is 26.3. The molecule has 2 amide bonds. The van der Waals surface area contributed by atoms with Gasteiger partial charge in [-0.15, -0.1) is 4.68 Å².